The summed E-state index contributed by atoms with van der Waals surface area (Å²) in [6.45, 7) is 0. The second kappa shape index (κ2) is 12.2. The Morgan fingerprint density at radius 1 is 0.386 bits per heavy atom. The molecule has 5 nitrogen and oxygen atoms in total. The molecule has 2 aromatic heterocycles. The summed E-state index contributed by atoms with van der Waals surface area (Å²) >= 11 is 0. The molecule has 0 N–H and O–H groups in total. The third-order valence-electron chi connectivity index (χ3n) is 11.7. The second-order valence-corrected chi connectivity index (χ2v) is 14.7. The van der Waals surface area contributed by atoms with Gasteiger partial charge < -0.3 is 9.30 Å². The topological polar surface area (TPSA) is 52.8 Å². The minimum absolute atomic E-state index is 0.624. The molecule has 0 atom stereocenters. The standard InChI is InChI=1S/C52H32N4O/c1-3-16-33(17-4-1)49-53-50(34-18-5-2-6-19-34)55-51(54-49)35-30-31-40-39(32-35)38-22-15-27-45(56-43-25-11-7-20-36(43)37-21-8-12-26-44(37)56)48(38)52(40)41-23-9-13-28-46(41)57-47-29-14-10-24-42(47)52/h1-32H. The molecule has 12 rings (SSSR count). The van der Waals surface area contributed by atoms with E-state index in [4.69, 9.17) is 19.7 Å². The van der Waals surface area contributed by atoms with E-state index in [0.717, 1.165) is 50.6 Å². The maximum Gasteiger partial charge on any atom is 0.164 e. The first-order chi connectivity index (χ1) is 28.3. The number of fused-ring (bicyclic) bond motifs is 12. The van der Waals surface area contributed by atoms with Crippen LogP contribution in [0.25, 0.3) is 72.8 Å². The van der Waals surface area contributed by atoms with Crippen molar-refractivity contribution in [1.29, 1.82) is 0 Å². The molecule has 0 radical (unpaired) electrons. The zero-order chi connectivity index (χ0) is 37.5. The van der Waals surface area contributed by atoms with E-state index in [1.165, 1.54) is 38.5 Å². The predicted molar refractivity (Wildman–Crippen MR) is 228 cm³/mol. The normalized spacial score (nSPS) is 13.2. The smallest absolute Gasteiger partial charge is 0.164 e. The highest BCUT2D eigenvalue weighted by Gasteiger charge is 2.52. The molecule has 0 saturated heterocycles. The van der Waals surface area contributed by atoms with Crippen molar-refractivity contribution in [3.05, 3.63) is 216 Å². The first-order valence-corrected chi connectivity index (χ1v) is 19.3. The van der Waals surface area contributed by atoms with Crippen LogP contribution in [0, 0.1) is 0 Å². The molecular formula is C52H32N4O. The van der Waals surface area contributed by atoms with Crippen molar-refractivity contribution in [3.63, 3.8) is 0 Å². The number of para-hydroxylation sites is 4. The zero-order valence-corrected chi connectivity index (χ0v) is 30.7. The summed E-state index contributed by atoms with van der Waals surface area (Å²) in [6.07, 6.45) is 0. The van der Waals surface area contributed by atoms with Crippen molar-refractivity contribution >= 4 is 21.8 Å². The summed E-state index contributed by atoms with van der Waals surface area (Å²) < 4.78 is 9.20. The summed E-state index contributed by atoms with van der Waals surface area (Å²) in [5.74, 6) is 3.61. The minimum Gasteiger partial charge on any atom is -0.457 e. The molecule has 57 heavy (non-hydrogen) atoms. The monoisotopic (exact) mass is 728 g/mol. The number of ether oxygens (including phenoxy) is 1. The van der Waals surface area contributed by atoms with Crippen molar-refractivity contribution in [2.75, 3.05) is 0 Å². The lowest BCUT2D eigenvalue weighted by atomic mass is 9.65. The van der Waals surface area contributed by atoms with Gasteiger partial charge in [0.25, 0.3) is 0 Å². The molecule has 2 aliphatic rings. The molecule has 3 heterocycles. The SMILES string of the molecule is c1ccc(-c2nc(-c3ccccc3)nc(-c3ccc4c(c3)-c3cccc(-n5c6ccccc6c6ccccc65)c3C43c4ccccc4Oc4ccccc43)n2)cc1. The summed E-state index contributed by atoms with van der Waals surface area (Å²) in [7, 11) is 0. The van der Waals surface area contributed by atoms with E-state index in [-0.39, 0.29) is 0 Å². The number of hydrogen-bond donors (Lipinski definition) is 0. The van der Waals surface area contributed by atoms with Crippen LogP contribution >= 0.6 is 0 Å². The lowest BCUT2D eigenvalue weighted by Crippen LogP contribution is -2.33. The zero-order valence-electron chi connectivity index (χ0n) is 30.7. The number of rotatable bonds is 4. The molecule has 8 aromatic carbocycles. The molecule has 266 valence electrons. The van der Waals surface area contributed by atoms with Crippen molar-refractivity contribution < 1.29 is 4.74 Å². The average Bonchev–Trinajstić information content (AvgIpc) is 3.78. The molecule has 0 unspecified atom stereocenters. The number of benzene rings is 8. The van der Waals surface area contributed by atoms with E-state index in [1.54, 1.807) is 0 Å². The van der Waals surface area contributed by atoms with Crippen molar-refractivity contribution in [1.82, 2.24) is 19.5 Å². The molecule has 0 saturated carbocycles. The highest BCUT2D eigenvalue weighted by Crippen LogP contribution is 2.63. The van der Waals surface area contributed by atoms with Crippen LogP contribution in [0.4, 0.5) is 0 Å². The quantitative estimate of drug-likeness (QED) is 0.181. The van der Waals surface area contributed by atoms with Crippen LogP contribution in [-0.2, 0) is 5.41 Å². The molecule has 0 fully saturated rings. The van der Waals surface area contributed by atoms with Gasteiger partial charge in [0.15, 0.2) is 17.5 Å². The molecule has 5 heteroatoms. The Kier molecular flexibility index (Phi) is 6.78. The Bertz CT molecular complexity index is 3070. The van der Waals surface area contributed by atoms with Crippen molar-refractivity contribution in [2.24, 2.45) is 0 Å². The predicted octanol–water partition coefficient (Wildman–Crippen LogP) is 12.4. The number of nitrogens with zero attached hydrogens (tertiary/aromatic N) is 4. The van der Waals surface area contributed by atoms with E-state index in [9.17, 15) is 0 Å². The fourth-order valence-electron chi connectivity index (χ4n) is 9.39. The van der Waals surface area contributed by atoms with E-state index in [1.807, 2.05) is 60.7 Å². The van der Waals surface area contributed by atoms with Crippen LogP contribution in [0.15, 0.2) is 194 Å². The Morgan fingerprint density at radius 3 is 1.49 bits per heavy atom. The molecular weight excluding hydrogens is 697 g/mol. The molecule has 0 amide bonds. The van der Waals surface area contributed by atoms with Gasteiger partial charge >= 0.3 is 0 Å². The van der Waals surface area contributed by atoms with Crippen LogP contribution in [0.2, 0.25) is 0 Å². The molecule has 1 spiro atoms. The lowest BCUT2D eigenvalue weighted by Gasteiger charge is -2.40. The van der Waals surface area contributed by atoms with Gasteiger partial charge in [-0.2, -0.15) is 0 Å². The highest BCUT2D eigenvalue weighted by atomic mass is 16.5. The lowest BCUT2D eigenvalue weighted by molar-refractivity contribution is 0.436. The van der Waals surface area contributed by atoms with Gasteiger partial charge in [-0.3, -0.25) is 0 Å². The maximum atomic E-state index is 6.73. The van der Waals surface area contributed by atoms with Gasteiger partial charge in [0.1, 0.15) is 11.5 Å². The van der Waals surface area contributed by atoms with Crippen LogP contribution in [0.3, 0.4) is 0 Å². The Hall–Kier alpha value is -7.63. The Labute approximate surface area is 329 Å². The summed E-state index contributed by atoms with van der Waals surface area (Å²) in [6, 6.07) is 68.4. The van der Waals surface area contributed by atoms with Crippen molar-refractivity contribution in [3.8, 4) is 62.5 Å². The van der Waals surface area contributed by atoms with Crippen LogP contribution in [-0.4, -0.2) is 19.5 Å². The van der Waals surface area contributed by atoms with Crippen LogP contribution in [0.1, 0.15) is 22.3 Å². The molecule has 1 aliphatic carbocycles. The molecule has 10 aromatic rings. The van der Waals surface area contributed by atoms with Gasteiger partial charge in [-0.25, -0.2) is 15.0 Å². The molecule has 0 bridgehead atoms. The third-order valence-corrected chi connectivity index (χ3v) is 11.7. The van der Waals surface area contributed by atoms with E-state index < -0.39 is 5.41 Å². The largest absolute Gasteiger partial charge is 0.457 e. The van der Waals surface area contributed by atoms with Crippen molar-refractivity contribution in [2.45, 2.75) is 5.41 Å². The first-order valence-electron chi connectivity index (χ1n) is 19.3. The van der Waals surface area contributed by atoms with Gasteiger partial charge in [0, 0.05) is 44.2 Å². The fraction of sp³-hybridized carbons (Fsp3) is 0.0192. The highest BCUT2D eigenvalue weighted by molar-refractivity contribution is 6.10. The number of hydrogen-bond acceptors (Lipinski definition) is 4. The van der Waals surface area contributed by atoms with Gasteiger partial charge in [-0.1, -0.05) is 158 Å². The average molecular weight is 729 g/mol. The van der Waals surface area contributed by atoms with Gasteiger partial charge in [0.2, 0.25) is 0 Å². The van der Waals surface area contributed by atoms with E-state index >= 15 is 0 Å². The fourth-order valence-corrected chi connectivity index (χ4v) is 9.39. The Balaban J connectivity index is 1.18. The van der Waals surface area contributed by atoms with Gasteiger partial charge in [-0.15, -0.1) is 0 Å². The summed E-state index contributed by atoms with van der Waals surface area (Å²) in [5, 5.41) is 2.45. The summed E-state index contributed by atoms with van der Waals surface area (Å²) in [4.78, 5) is 15.3. The second-order valence-electron chi connectivity index (χ2n) is 14.7. The van der Waals surface area contributed by atoms with Gasteiger partial charge in [0.05, 0.1) is 22.1 Å². The maximum absolute atomic E-state index is 6.73. The van der Waals surface area contributed by atoms with E-state index in [0.29, 0.717) is 17.5 Å². The Morgan fingerprint density at radius 2 is 0.895 bits per heavy atom. The first kappa shape index (κ1) is 31.7. The van der Waals surface area contributed by atoms with Crippen LogP contribution < -0.4 is 4.74 Å². The van der Waals surface area contributed by atoms with Gasteiger partial charge in [-0.05, 0) is 53.1 Å². The molecule has 1 aliphatic heterocycles. The third kappa shape index (κ3) is 4.54. The summed E-state index contributed by atoms with van der Waals surface area (Å²) in [5.41, 5.74) is 12.5. The number of aromatic nitrogens is 4. The van der Waals surface area contributed by atoms with Crippen LogP contribution in [0.5, 0.6) is 11.5 Å². The minimum atomic E-state index is -0.693. The van der Waals surface area contributed by atoms with E-state index in [2.05, 4.69) is 138 Å².